The lowest BCUT2D eigenvalue weighted by molar-refractivity contribution is -0.116. The molecule has 0 aliphatic carbocycles. The van der Waals surface area contributed by atoms with Gasteiger partial charge in [-0.3, -0.25) is 14.6 Å². The normalized spacial score (nSPS) is 10.5. The first-order valence-electron chi connectivity index (χ1n) is 9.59. The summed E-state index contributed by atoms with van der Waals surface area (Å²) in [5.74, 6) is -0.890. The lowest BCUT2D eigenvalue weighted by Gasteiger charge is -2.22. The molecule has 0 fully saturated rings. The summed E-state index contributed by atoms with van der Waals surface area (Å²) in [6.45, 7) is 4.17. The van der Waals surface area contributed by atoms with Gasteiger partial charge in [0.25, 0.3) is 5.91 Å². The Balaban J connectivity index is 1.70. The number of nitrogens with one attached hydrogen (secondary N) is 1. The lowest BCUT2D eigenvalue weighted by atomic mass is 10.2. The Morgan fingerprint density at radius 1 is 0.967 bits per heavy atom. The van der Waals surface area contributed by atoms with Gasteiger partial charge < -0.3 is 10.2 Å². The van der Waals surface area contributed by atoms with Crippen molar-refractivity contribution >= 4 is 17.5 Å². The first kappa shape index (κ1) is 21.1. The molecular formula is C23H23FN4O2. The number of halogens is 1. The van der Waals surface area contributed by atoms with Crippen molar-refractivity contribution in [2.45, 2.75) is 26.8 Å². The number of hydrogen-bond acceptors (Lipinski definition) is 4. The molecule has 0 aliphatic rings. The molecule has 3 rings (SSSR count). The van der Waals surface area contributed by atoms with Crippen molar-refractivity contribution in [2.75, 3.05) is 11.9 Å². The molecule has 2 aromatic carbocycles. The van der Waals surface area contributed by atoms with Gasteiger partial charge in [0, 0.05) is 31.4 Å². The van der Waals surface area contributed by atoms with Crippen LogP contribution in [0.15, 0.2) is 60.9 Å². The average molecular weight is 406 g/mol. The van der Waals surface area contributed by atoms with Crippen molar-refractivity contribution in [1.82, 2.24) is 14.9 Å². The highest BCUT2D eigenvalue weighted by molar-refractivity contribution is 5.93. The molecule has 0 saturated carbocycles. The fourth-order valence-corrected chi connectivity index (χ4v) is 2.82. The van der Waals surface area contributed by atoms with Crippen LogP contribution in [0.1, 0.15) is 33.7 Å². The predicted octanol–water partition coefficient (Wildman–Crippen LogP) is 3.90. The summed E-state index contributed by atoms with van der Waals surface area (Å²) in [4.78, 5) is 35.1. The van der Waals surface area contributed by atoms with Crippen molar-refractivity contribution in [3.05, 3.63) is 89.3 Å². The van der Waals surface area contributed by atoms with Gasteiger partial charge >= 0.3 is 0 Å². The fourth-order valence-electron chi connectivity index (χ4n) is 2.82. The van der Waals surface area contributed by atoms with Gasteiger partial charge in [-0.15, -0.1) is 0 Å². The van der Waals surface area contributed by atoms with E-state index >= 15 is 0 Å². The molecule has 0 radical (unpaired) electrons. The van der Waals surface area contributed by atoms with Crippen molar-refractivity contribution in [1.29, 1.82) is 0 Å². The van der Waals surface area contributed by atoms with Crippen LogP contribution in [0.25, 0.3) is 0 Å². The molecule has 154 valence electrons. The zero-order valence-corrected chi connectivity index (χ0v) is 16.9. The molecule has 1 aromatic heterocycles. The van der Waals surface area contributed by atoms with Gasteiger partial charge in [0.1, 0.15) is 11.5 Å². The Kier molecular flexibility index (Phi) is 6.85. The topological polar surface area (TPSA) is 75.2 Å². The summed E-state index contributed by atoms with van der Waals surface area (Å²) in [5, 5.41) is 2.83. The Hall–Kier alpha value is -3.61. The third-order valence-electron chi connectivity index (χ3n) is 4.52. The van der Waals surface area contributed by atoms with E-state index in [4.69, 9.17) is 0 Å². The molecule has 0 saturated heterocycles. The average Bonchev–Trinajstić information content (AvgIpc) is 2.74. The van der Waals surface area contributed by atoms with Gasteiger partial charge in [-0.1, -0.05) is 29.8 Å². The van der Waals surface area contributed by atoms with Crippen LogP contribution in [0.3, 0.4) is 0 Å². The summed E-state index contributed by atoms with van der Waals surface area (Å²) in [5.41, 5.74) is 3.45. The highest BCUT2D eigenvalue weighted by atomic mass is 19.1. The molecule has 7 heteroatoms. The molecule has 1 N–H and O–H groups in total. The molecule has 2 amide bonds. The van der Waals surface area contributed by atoms with Gasteiger partial charge in [0.05, 0.1) is 11.9 Å². The van der Waals surface area contributed by atoms with E-state index in [0.717, 1.165) is 11.1 Å². The molecular weight excluding hydrogens is 383 g/mol. The number of nitrogens with zero attached hydrogens (tertiary/aromatic N) is 3. The van der Waals surface area contributed by atoms with Gasteiger partial charge in [0.2, 0.25) is 5.91 Å². The molecule has 6 nitrogen and oxygen atoms in total. The van der Waals surface area contributed by atoms with E-state index in [2.05, 4.69) is 15.3 Å². The second-order valence-corrected chi connectivity index (χ2v) is 7.06. The van der Waals surface area contributed by atoms with Gasteiger partial charge in [-0.2, -0.15) is 0 Å². The number of carbonyl (C=O) groups excluding carboxylic acids is 2. The van der Waals surface area contributed by atoms with Crippen molar-refractivity contribution in [2.24, 2.45) is 0 Å². The lowest BCUT2D eigenvalue weighted by Crippen LogP contribution is -2.34. The second-order valence-electron chi connectivity index (χ2n) is 7.06. The molecule has 30 heavy (non-hydrogen) atoms. The van der Waals surface area contributed by atoms with E-state index in [9.17, 15) is 14.0 Å². The third-order valence-corrected chi connectivity index (χ3v) is 4.52. The number of benzene rings is 2. The first-order chi connectivity index (χ1) is 14.4. The minimum absolute atomic E-state index is 0.111. The van der Waals surface area contributed by atoms with Crippen LogP contribution in [0.5, 0.6) is 0 Å². The van der Waals surface area contributed by atoms with Crippen molar-refractivity contribution < 1.29 is 14.0 Å². The van der Waals surface area contributed by atoms with E-state index in [1.807, 2.05) is 31.2 Å². The SMILES string of the molecule is Cc1ccc(NC(=O)CCN(Cc2ccc(F)cc2)C(=O)c2cnc(C)cn2)cc1. The van der Waals surface area contributed by atoms with Crippen LogP contribution in [0.4, 0.5) is 10.1 Å². The number of anilines is 1. The summed E-state index contributed by atoms with van der Waals surface area (Å²) in [7, 11) is 0. The monoisotopic (exact) mass is 406 g/mol. The van der Waals surface area contributed by atoms with Gasteiger partial charge in [-0.05, 0) is 43.7 Å². The van der Waals surface area contributed by atoms with E-state index in [-0.39, 0.29) is 42.8 Å². The number of rotatable bonds is 7. The molecule has 3 aromatic rings. The third kappa shape index (κ3) is 5.94. The minimum atomic E-state index is -0.349. The van der Waals surface area contributed by atoms with Crippen LogP contribution >= 0.6 is 0 Å². The zero-order valence-electron chi connectivity index (χ0n) is 16.9. The first-order valence-corrected chi connectivity index (χ1v) is 9.59. The van der Waals surface area contributed by atoms with Crippen LogP contribution < -0.4 is 5.32 Å². The second kappa shape index (κ2) is 9.73. The van der Waals surface area contributed by atoms with Crippen LogP contribution in [-0.2, 0) is 11.3 Å². The Bertz CT molecular complexity index is 1000. The summed E-state index contributed by atoms with van der Waals surface area (Å²) >= 11 is 0. The molecule has 0 bridgehead atoms. The summed E-state index contributed by atoms with van der Waals surface area (Å²) in [6, 6.07) is 13.4. The van der Waals surface area contributed by atoms with E-state index in [1.165, 1.54) is 29.4 Å². The van der Waals surface area contributed by atoms with Crippen LogP contribution in [-0.4, -0.2) is 33.2 Å². The largest absolute Gasteiger partial charge is 0.332 e. The fraction of sp³-hybridized carbons (Fsp3) is 0.217. The molecule has 0 atom stereocenters. The minimum Gasteiger partial charge on any atom is -0.332 e. The van der Waals surface area contributed by atoms with E-state index in [0.29, 0.717) is 11.4 Å². The smallest absolute Gasteiger partial charge is 0.274 e. The molecule has 1 heterocycles. The number of amides is 2. The highest BCUT2D eigenvalue weighted by Gasteiger charge is 2.19. The van der Waals surface area contributed by atoms with Crippen LogP contribution in [0, 0.1) is 19.7 Å². The maximum Gasteiger partial charge on any atom is 0.274 e. The van der Waals surface area contributed by atoms with Gasteiger partial charge in [0.15, 0.2) is 0 Å². The van der Waals surface area contributed by atoms with Gasteiger partial charge in [-0.25, -0.2) is 9.37 Å². The molecule has 0 aliphatic heterocycles. The van der Waals surface area contributed by atoms with Crippen LogP contribution in [0.2, 0.25) is 0 Å². The Morgan fingerprint density at radius 3 is 2.30 bits per heavy atom. The predicted molar refractivity (Wildman–Crippen MR) is 112 cm³/mol. The summed E-state index contributed by atoms with van der Waals surface area (Å²) < 4.78 is 13.2. The van der Waals surface area contributed by atoms with E-state index < -0.39 is 0 Å². The number of aromatic nitrogens is 2. The maximum absolute atomic E-state index is 13.2. The number of carbonyl (C=O) groups is 2. The molecule has 0 spiro atoms. The van der Waals surface area contributed by atoms with Crippen molar-refractivity contribution in [3.8, 4) is 0 Å². The quantitative estimate of drug-likeness (QED) is 0.646. The Labute approximate surface area is 174 Å². The number of aryl methyl sites for hydroxylation is 2. The van der Waals surface area contributed by atoms with Crippen molar-refractivity contribution in [3.63, 3.8) is 0 Å². The highest BCUT2D eigenvalue weighted by Crippen LogP contribution is 2.12. The zero-order chi connectivity index (χ0) is 21.5. The maximum atomic E-state index is 13.2. The summed E-state index contributed by atoms with van der Waals surface area (Å²) in [6.07, 6.45) is 3.05. The van der Waals surface area contributed by atoms with E-state index in [1.54, 1.807) is 19.1 Å². The standard InChI is InChI=1S/C23H23FN4O2/c1-16-3-9-20(10-4-16)27-22(29)11-12-28(15-18-5-7-19(24)8-6-18)23(30)21-14-25-17(2)13-26-21/h3-10,13-14H,11-12,15H2,1-2H3,(H,27,29). The Morgan fingerprint density at radius 2 is 1.67 bits per heavy atom. The molecule has 0 unspecified atom stereocenters. The number of hydrogen-bond donors (Lipinski definition) is 1.